The number of benzene rings is 1. The smallest absolute Gasteiger partial charge is 0.341 e. The van der Waals surface area contributed by atoms with E-state index in [1.54, 1.807) is 0 Å². The summed E-state index contributed by atoms with van der Waals surface area (Å²) in [6.45, 7) is 1.34. The number of nitro groups is 1. The van der Waals surface area contributed by atoms with Crippen LogP contribution in [0.2, 0.25) is 0 Å². The highest BCUT2D eigenvalue weighted by molar-refractivity contribution is 5.97. The van der Waals surface area contributed by atoms with Crippen molar-refractivity contribution in [1.82, 2.24) is 5.32 Å². The van der Waals surface area contributed by atoms with Crippen molar-refractivity contribution < 1.29 is 28.7 Å². The van der Waals surface area contributed by atoms with Gasteiger partial charge in [-0.05, 0) is 18.9 Å². The van der Waals surface area contributed by atoms with Gasteiger partial charge in [0.25, 0.3) is 11.6 Å². The van der Waals surface area contributed by atoms with E-state index in [-0.39, 0.29) is 17.4 Å². The summed E-state index contributed by atoms with van der Waals surface area (Å²) in [7, 11) is 1.53. The predicted octanol–water partition coefficient (Wildman–Crippen LogP) is 1.11. The van der Waals surface area contributed by atoms with Gasteiger partial charge in [-0.3, -0.25) is 14.9 Å². The molecule has 0 aromatic heterocycles. The highest BCUT2D eigenvalue weighted by Gasteiger charge is 2.20. The molecule has 0 bridgehead atoms. The predicted molar refractivity (Wildman–Crippen MR) is 95.7 cm³/mol. The van der Waals surface area contributed by atoms with Gasteiger partial charge < -0.3 is 24.8 Å². The summed E-state index contributed by atoms with van der Waals surface area (Å²) >= 11 is 0. The van der Waals surface area contributed by atoms with Gasteiger partial charge in [0.15, 0.2) is 6.61 Å². The summed E-state index contributed by atoms with van der Waals surface area (Å²) in [6, 6.07) is 3.81. The zero-order valence-electron chi connectivity index (χ0n) is 15.1. The normalized spacial score (nSPS) is 16.0. The maximum absolute atomic E-state index is 12.3. The topological polar surface area (TPSA) is 129 Å². The lowest BCUT2D eigenvalue weighted by Crippen LogP contribution is -2.34. The van der Waals surface area contributed by atoms with Crippen LogP contribution in [0.3, 0.4) is 0 Å². The number of esters is 1. The number of rotatable bonds is 10. The van der Waals surface area contributed by atoms with Gasteiger partial charge in [0.2, 0.25) is 0 Å². The molecule has 0 spiro atoms. The fourth-order valence-electron chi connectivity index (χ4n) is 2.55. The summed E-state index contributed by atoms with van der Waals surface area (Å²) < 4.78 is 15.3. The van der Waals surface area contributed by atoms with E-state index in [1.807, 2.05) is 0 Å². The monoisotopic (exact) mass is 381 g/mol. The van der Waals surface area contributed by atoms with Crippen LogP contribution in [0.15, 0.2) is 18.2 Å². The van der Waals surface area contributed by atoms with Gasteiger partial charge in [-0.15, -0.1) is 0 Å². The average molecular weight is 381 g/mol. The summed E-state index contributed by atoms with van der Waals surface area (Å²) in [5, 5.41) is 16.5. The lowest BCUT2D eigenvalue weighted by Gasteiger charge is -2.13. The molecular formula is C17H23N3O7. The second kappa shape index (κ2) is 10.4. The Labute approximate surface area is 156 Å². The molecule has 0 saturated carbocycles. The van der Waals surface area contributed by atoms with Crippen molar-refractivity contribution >= 4 is 23.3 Å². The molecule has 27 heavy (non-hydrogen) atoms. The minimum atomic E-state index is -0.828. The third-order valence-electron chi connectivity index (χ3n) is 3.94. The Balaban J connectivity index is 1.94. The number of carbonyl (C=O) groups is 2. The number of hydrogen-bond acceptors (Lipinski definition) is 8. The SMILES string of the molecule is COCCNc1ccc([N+](=O)[O-])cc1C(=O)OCC(=O)NC[C@H]1CCCO1. The van der Waals surface area contributed by atoms with E-state index in [0.717, 1.165) is 18.9 Å². The highest BCUT2D eigenvalue weighted by atomic mass is 16.6. The van der Waals surface area contributed by atoms with Crippen LogP contribution in [-0.2, 0) is 19.0 Å². The molecular weight excluding hydrogens is 358 g/mol. The molecule has 10 nitrogen and oxygen atoms in total. The van der Waals surface area contributed by atoms with Crippen molar-refractivity contribution in [3.8, 4) is 0 Å². The summed E-state index contributed by atoms with van der Waals surface area (Å²) in [6.07, 6.45) is 1.82. The van der Waals surface area contributed by atoms with E-state index >= 15 is 0 Å². The van der Waals surface area contributed by atoms with Crippen molar-refractivity contribution in [2.75, 3.05) is 45.3 Å². The molecule has 1 aromatic rings. The van der Waals surface area contributed by atoms with Crippen LogP contribution in [-0.4, -0.2) is 62.9 Å². The Bertz CT molecular complexity index is 674. The van der Waals surface area contributed by atoms with E-state index in [2.05, 4.69) is 10.6 Å². The van der Waals surface area contributed by atoms with Gasteiger partial charge in [0, 0.05) is 44.6 Å². The molecule has 1 aliphatic heterocycles. The van der Waals surface area contributed by atoms with E-state index in [1.165, 1.54) is 19.2 Å². The quantitative estimate of drug-likeness (QED) is 0.267. The minimum Gasteiger partial charge on any atom is -0.452 e. The maximum atomic E-state index is 12.3. The first-order chi connectivity index (χ1) is 13.0. The Morgan fingerprint density at radius 3 is 2.89 bits per heavy atom. The first-order valence-electron chi connectivity index (χ1n) is 8.58. The van der Waals surface area contributed by atoms with Gasteiger partial charge in [-0.1, -0.05) is 0 Å². The Hall–Kier alpha value is -2.72. The fraction of sp³-hybridized carbons (Fsp3) is 0.529. The van der Waals surface area contributed by atoms with Crippen molar-refractivity contribution in [2.45, 2.75) is 18.9 Å². The summed E-state index contributed by atoms with van der Waals surface area (Å²) in [4.78, 5) is 34.5. The van der Waals surface area contributed by atoms with Gasteiger partial charge in [0.05, 0.1) is 23.2 Å². The zero-order valence-corrected chi connectivity index (χ0v) is 15.1. The second-order valence-corrected chi connectivity index (χ2v) is 5.92. The van der Waals surface area contributed by atoms with Crippen molar-refractivity contribution in [1.29, 1.82) is 0 Å². The highest BCUT2D eigenvalue weighted by Crippen LogP contribution is 2.23. The molecule has 2 N–H and O–H groups in total. The first kappa shape index (κ1) is 20.6. The van der Waals surface area contributed by atoms with Crippen LogP contribution >= 0.6 is 0 Å². The molecule has 2 rings (SSSR count). The van der Waals surface area contributed by atoms with Crippen LogP contribution in [0.25, 0.3) is 0 Å². The lowest BCUT2D eigenvalue weighted by atomic mass is 10.1. The van der Waals surface area contributed by atoms with Gasteiger partial charge >= 0.3 is 5.97 Å². The average Bonchev–Trinajstić information content (AvgIpc) is 3.18. The van der Waals surface area contributed by atoms with Crippen LogP contribution in [0.5, 0.6) is 0 Å². The van der Waals surface area contributed by atoms with Gasteiger partial charge in [0.1, 0.15) is 0 Å². The van der Waals surface area contributed by atoms with E-state index in [4.69, 9.17) is 14.2 Å². The molecule has 1 amide bonds. The number of non-ortho nitro benzene ring substituents is 1. The molecule has 1 aromatic carbocycles. The molecule has 10 heteroatoms. The van der Waals surface area contributed by atoms with Crippen LogP contribution in [0.4, 0.5) is 11.4 Å². The minimum absolute atomic E-state index is 0.0157. The zero-order chi connectivity index (χ0) is 19.6. The molecule has 0 radical (unpaired) electrons. The van der Waals surface area contributed by atoms with E-state index in [0.29, 0.717) is 32.0 Å². The Kier molecular flexibility index (Phi) is 7.96. The lowest BCUT2D eigenvalue weighted by molar-refractivity contribution is -0.384. The number of ether oxygens (including phenoxy) is 3. The number of anilines is 1. The maximum Gasteiger partial charge on any atom is 0.341 e. The van der Waals surface area contributed by atoms with Crippen LogP contribution in [0, 0.1) is 10.1 Å². The summed E-state index contributed by atoms with van der Waals surface area (Å²) in [5.41, 5.74) is 0.0942. The number of nitro benzene ring substituents is 1. The van der Waals surface area contributed by atoms with Gasteiger partial charge in [-0.25, -0.2) is 4.79 Å². The Morgan fingerprint density at radius 2 is 2.22 bits per heavy atom. The van der Waals surface area contributed by atoms with Crippen molar-refractivity contribution in [3.05, 3.63) is 33.9 Å². The molecule has 0 aliphatic carbocycles. The molecule has 148 valence electrons. The molecule has 1 saturated heterocycles. The van der Waals surface area contributed by atoms with Crippen molar-refractivity contribution in [3.63, 3.8) is 0 Å². The first-order valence-corrected chi connectivity index (χ1v) is 8.58. The third-order valence-corrected chi connectivity index (χ3v) is 3.94. The number of nitrogens with one attached hydrogen (secondary N) is 2. The molecule has 0 unspecified atom stereocenters. The Morgan fingerprint density at radius 1 is 1.41 bits per heavy atom. The van der Waals surface area contributed by atoms with Crippen LogP contribution < -0.4 is 10.6 Å². The molecule has 1 atom stereocenters. The van der Waals surface area contributed by atoms with E-state index < -0.39 is 23.4 Å². The number of hydrogen-bond donors (Lipinski definition) is 2. The largest absolute Gasteiger partial charge is 0.452 e. The van der Waals surface area contributed by atoms with Crippen LogP contribution in [0.1, 0.15) is 23.2 Å². The third kappa shape index (κ3) is 6.50. The summed E-state index contributed by atoms with van der Waals surface area (Å²) in [5.74, 6) is -1.29. The molecule has 1 aliphatic rings. The molecule has 1 fully saturated rings. The number of amides is 1. The fourth-order valence-corrected chi connectivity index (χ4v) is 2.55. The molecule has 1 heterocycles. The van der Waals surface area contributed by atoms with Crippen molar-refractivity contribution in [2.24, 2.45) is 0 Å². The van der Waals surface area contributed by atoms with E-state index in [9.17, 15) is 19.7 Å². The number of methoxy groups -OCH3 is 1. The number of nitrogens with zero attached hydrogens (tertiary/aromatic N) is 1. The standard InChI is InChI=1S/C17H23N3O7/c1-25-8-6-18-15-5-4-12(20(23)24)9-14(15)17(22)27-11-16(21)19-10-13-3-2-7-26-13/h4-5,9,13,18H,2-3,6-8,10-11H2,1H3,(H,19,21)/t13-/m1/s1. The van der Waals surface area contributed by atoms with Gasteiger partial charge in [-0.2, -0.15) is 0 Å². The second-order valence-electron chi connectivity index (χ2n) is 5.92. The number of carbonyl (C=O) groups excluding carboxylic acids is 2.